The molecule has 1 atom stereocenters. The molecule has 0 amide bonds. The summed E-state index contributed by atoms with van der Waals surface area (Å²) in [7, 11) is 6.58. The van der Waals surface area contributed by atoms with Crippen molar-refractivity contribution in [3.8, 4) is 23.0 Å². The molecule has 1 aliphatic carbocycles. The molecule has 0 fully saturated rings. The third-order valence-corrected chi connectivity index (χ3v) is 6.11. The third kappa shape index (κ3) is 4.25. The molecule has 1 heterocycles. The zero-order chi connectivity index (χ0) is 22.7. The van der Waals surface area contributed by atoms with Crippen LogP contribution in [0.2, 0.25) is 0 Å². The lowest BCUT2D eigenvalue weighted by molar-refractivity contribution is 0.354. The van der Waals surface area contributed by atoms with Gasteiger partial charge in [-0.3, -0.25) is 0 Å². The highest BCUT2D eigenvalue weighted by Gasteiger charge is 2.31. The molecule has 7 heteroatoms. The number of thiocarbonyl (C=S) groups is 1. The summed E-state index contributed by atoms with van der Waals surface area (Å²) in [6.07, 6.45) is 5.22. The zero-order valence-electron chi connectivity index (χ0n) is 18.8. The fourth-order valence-electron chi connectivity index (χ4n) is 4.35. The van der Waals surface area contributed by atoms with Crippen LogP contribution in [0.4, 0.5) is 0 Å². The molecule has 0 unspecified atom stereocenters. The van der Waals surface area contributed by atoms with E-state index in [1.165, 1.54) is 11.1 Å². The predicted octanol–water partition coefficient (Wildman–Crippen LogP) is 4.76. The predicted molar refractivity (Wildman–Crippen MR) is 130 cm³/mol. The van der Waals surface area contributed by atoms with Crippen molar-refractivity contribution in [2.24, 2.45) is 0 Å². The van der Waals surface area contributed by atoms with Crippen LogP contribution in [-0.2, 0) is 0 Å². The maximum Gasteiger partial charge on any atom is 0.171 e. The van der Waals surface area contributed by atoms with Crippen LogP contribution < -0.4 is 29.6 Å². The average molecular weight is 453 g/mol. The molecular formula is C25H28N2O4S. The molecular weight excluding hydrogens is 424 g/mol. The monoisotopic (exact) mass is 452 g/mol. The van der Waals surface area contributed by atoms with Gasteiger partial charge in [-0.05, 0) is 84.1 Å². The maximum atomic E-state index is 5.57. The molecule has 0 spiro atoms. The number of methoxy groups -OCH3 is 4. The second kappa shape index (κ2) is 9.53. The van der Waals surface area contributed by atoms with Crippen molar-refractivity contribution in [1.82, 2.24) is 10.6 Å². The Hall–Kier alpha value is -3.19. The number of rotatable bonds is 6. The van der Waals surface area contributed by atoms with Crippen molar-refractivity contribution in [3.63, 3.8) is 0 Å². The van der Waals surface area contributed by atoms with Gasteiger partial charge in [-0.2, -0.15) is 0 Å². The first-order chi connectivity index (χ1) is 15.6. The van der Waals surface area contributed by atoms with Gasteiger partial charge in [0, 0.05) is 5.70 Å². The zero-order valence-corrected chi connectivity index (χ0v) is 19.6. The molecule has 0 saturated heterocycles. The van der Waals surface area contributed by atoms with Crippen molar-refractivity contribution in [3.05, 3.63) is 64.4 Å². The average Bonchev–Trinajstić information content (AvgIpc) is 2.83. The Morgan fingerprint density at radius 3 is 2.19 bits per heavy atom. The standard InChI is InChI=1S/C25H28N2O4S/c1-28-19-10-8-15(13-21(19)30-3)12-16-6-5-7-18-23(16)26-25(32)27-24(18)17-9-11-20(29-2)22(14-17)31-4/h8-14,24H,5-7H2,1-4H3,(H2,26,27,32)/b16-12+/t24-/m0/s1. The minimum atomic E-state index is -0.0207. The van der Waals surface area contributed by atoms with Crippen LogP contribution >= 0.6 is 12.2 Å². The van der Waals surface area contributed by atoms with E-state index in [4.69, 9.17) is 31.2 Å². The molecule has 2 N–H and O–H groups in total. The van der Waals surface area contributed by atoms with Gasteiger partial charge < -0.3 is 29.6 Å². The largest absolute Gasteiger partial charge is 0.493 e. The van der Waals surface area contributed by atoms with Gasteiger partial charge in [-0.1, -0.05) is 12.1 Å². The SMILES string of the molecule is COc1ccc(/C=C2\CCCC3=C2NC(=S)N[C@H]3c2ccc(OC)c(OC)c2)cc1OC. The Bertz CT molecular complexity index is 1090. The number of hydrogen-bond acceptors (Lipinski definition) is 5. The van der Waals surface area contributed by atoms with Crippen LogP contribution in [0.5, 0.6) is 23.0 Å². The molecule has 2 aromatic rings. The summed E-state index contributed by atoms with van der Waals surface area (Å²) in [6.45, 7) is 0. The molecule has 6 nitrogen and oxygen atoms in total. The van der Waals surface area contributed by atoms with E-state index in [1.54, 1.807) is 28.4 Å². The Balaban J connectivity index is 1.75. The maximum absolute atomic E-state index is 5.57. The van der Waals surface area contributed by atoms with Crippen molar-refractivity contribution < 1.29 is 18.9 Å². The summed E-state index contributed by atoms with van der Waals surface area (Å²) in [6, 6.07) is 11.9. The molecule has 32 heavy (non-hydrogen) atoms. The van der Waals surface area contributed by atoms with Gasteiger partial charge in [0.2, 0.25) is 0 Å². The first kappa shape index (κ1) is 22.0. The molecule has 168 valence electrons. The fraction of sp³-hybridized carbons (Fsp3) is 0.320. The summed E-state index contributed by atoms with van der Waals surface area (Å²) in [4.78, 5) is 0. The summed E-state index contributed by atoms with van der Waals surface area (Å²) in [5, 5.41) is 7.47. The molecule has 0 radical (unpaired) electrons. The molecule has 2 aliphatic rings. The van der Waals surface area contributed by atoms with Crippen molar-refractivity contribution in [1.29, 1.82) is 0 Å². The third-order valence-electron chi connectivity index (χ3n) is 5.89. The smallest absolute Gasteiger partial charge is 0.171 e. The topological polar surface area (TPSA) is 61.0 Å². The molecule has 1 aliphatic heterocycles. The minimum Gasteiger partial charge on any atom is -0.493 e. The molecule has 0 saturated carbocycles. The van der Waals surface area contributed by atoms with Gasteiger partial charge in [-0.15, -0.1) is 0 Å². The Kier molecular flexibility index (Phi) is 6.55. The summed E-state index contributed by atoms with van der Waals surface area (Å²) in [5.74, 6) is 2.84. The van der Waals surface area contributed by atoms with Gasteiger partial charge in [0.05, 0.1) is 34.5 Å². The van der Waals surface area contributed by atoms with E-state index >= 15 is 0 Å². The van der Waals surface area contributed by atoms with Crippen LogP contribution in [0.25, 0.3) is 6.08 Å². The van der Waals surface area contributed by atoms with Crippen LogP contribution in [0.1, 0.15) is 36.4 Å². The molecule has 0 bridgehead atoms. The lowest BCUT2D eigenvalue weighted by Gasteiger charge is -2.36. The van der Waals surface area contributed by atoms with E-state index < -0.39 is 0 Å². The number of hydrogen-bond donors (Lipinski definition) is 2. The van der Waals surface area contributed by atoms with Crippen molar-refractivity contribution >= 4 is 23.4 Å². The first-order valence-electron chi connectivity index (χ1n) is 10.5. The van der Waals surface area contributed by atoms with Gasteiger partial charge in [-0.25, -0.2) is 0 Å². The Morgan fingerprint density at radius 2 is 1.50 bits per heavy atom. The van der Waals surface area contributed by atoms with Gasteiger partial charge in [0.1, 0.15) is 0 Å². The molecule has 4 rings (SSSR count). The minimum absolute atomic E-state index is 0.0207. The summed E-state index contributed by atoms with van der Waals surface area (Å²) in [5.41, 5.74) is 5.78. The van der Waals surface area contributed by atoms with Gasteiger partial charge in [0.15, 0.2) is 28.1 Å². The highest BCUT2D eigenvalue weighted by molar-refractivity contribution is 7.80. The highest BCUT2D eigenvalue weighted by Crippen LogP contribution is 2.41. The lowest BCUT2D eigenvalue weighted by Crippen LogP contribution is -2.45. The normalized spacial score (nSPS) is 19.1. The quantitative estimate of drug-likeness (QED) is 0.613. The number of benzene rings is 2. The Morgan fingerprint density at radius 1 is 0.844 bits per heavy atom. The first-order valence-corrected chi connectivity index (χ1v) is 10.9. The molecule has 2 aromatic carbocycles. The van der Waals surface area contributed by atoms with E-state index in [9.17, 15) is 0 Å². The lowest BCUT2D eigenvalue weighted by atomic mass is 9.83. The number of nitrogens with one attached hydrogen (secondary N) is 2. The summed E-state index contributed by atoms with van der Waals surface area (Å²) < 4.78 is 21.8. The van der Waals surface area contributed by atoms with Gasteiger partial charge in [0.25, 0.3) is 0 Å². The van der Waals surface area contributed by atoms with Gasteiger partial charge >= 0.3 is 0 Å². The Labute approximate surface area is 194 Å². The van der Waals surface area contributed by atoms with E-state index in [2.05, 4.69) is 22.8 Å². The molecule has 0 aromatic heterocycles. The van der Waals surface area contributed by atoms with Crippen LogP contribution in [0.3, 0.4) is 0 Å². The second-order valence-corrected chi connectivity index (χ2v) is 8.09. The van der Waals surface area contributed by atoms with Crippen LogP contribution in [-0.4, -0.2) is 33.6 Å². The van der Waals surface area contributed by atoms with E-state index in [1.807, 2.05) is 30.3 Å². The van der Waals surface area contributed by atoms with Crippen LogP contribution in [0, 0.1) is 0 Å². The number of allylic oxidation sites excluding steroid dienone is 1. The number of ether oxygens (including phenoxy) is 4. The van der Waals surface area contributed by atoms with Crippen molar-refractivity contribution in [2.75, 3.05) is 28.4 Å². The van der Waals surface area contributed by atoms with Crippen LogP contribution in [0.15, 0.2) is 53.2 Å². The van der Waals surface area contributed by atoms with E-state index in [0.29, 0.717) is 28.1 Å². The highest BCUT2D eigenvalue weighted by atomic mass is 32.1. The summed E-state index contributed by atoms with van der Waals surface area (Å²) >= 11 is 5.57. The fourth-order valence-corrected chi connectivity index (χ4v) is 4.57. The van der Waals surface area contributed by atoms with E-state index in [-0.39, 0.29) is 6.04 Å². The van der Waals surface area contributed by atoms with Crippen molar-refractivity contribution in [2.45, 2.75) is 25.3 Å². The van der Waals surface area contributed by atoms with E-state index in [0.717, 1.165) is 36.1 Å². The second-order valence-electron chi connectivity index (χ2n) is 7.68.